The first-order valence-electron chi connectivity index (χ1n) is 8.33. The molecule has 1 aromatic heterocycles. The Kier molecular flexibility index (Phi) is 6.57. The molecule has 0 unspecified atom stereocenters. The highest BCUT2D eigenvalue weighted by Crippen LogP contribution is 2.33. The quantitative estimate of drug-likeness (QED) is 0.707. The first kappa shape index (κ1) is 20.4. The normalized spacial score (nSPS) is 10.6. The molecule has 7 nitrogen and oxygen atoms in total. The van der Waals surface area contributed by atoms with Gasteiger partial charge in [-0.25, -0.2) is 4.79 Å². The van der Waals surface area contributed by atoms with E-state index in [0.717, 1.165) is 16.9 Å². The second-order valence-electron chi connectivity index (χ2n) is 6.18. The number of thiophene rings is 1. The predicted molar refractivity (Wildman–Crippen MR) is 103 cm³/mol. The molecule has 0 spiro atoms. The predicted octanol–water partition coefficient (Wildman–Crippen LogP) is 3.05. The molecule has 0 saturated heterocycles. The topological polar surface area (TPSA) is 108 Å². The minimum absolute atomic E-state index is 0.131. The van der Waals surface area contributed by atoms with Crippen molar-refractivity contribution in [1.82, 2.24) is 0 Å². The molecule has 0 bridgehead atoms. The third-order valence-corrected chi connectivity index (χ3v) is 4.84. The molecule has 2 amide bonds. The molecule has 2 aromatic rings. The smallest absolute Gasteiger partial charge is 0.341 e. The molecule has 0 fully saturated rings. The molecular formula is C19H22N2O5S. The van der Waals surface area contributed by atoms with Gasteiger partial charge in [-0.1, -0.05) is 18.2 Å². The van der Waals surface area contributed by atoms with E-state index in [9.17, 15) is 14.4 Å². The molecule has 0 radical (unpaired) electrons. The average Bonchev–Trinajstić information content (AvgIpc) is 2.90. The van der Waals surface area contributed by atoms with Crippen LogP contribution in [0, 0.1) is 13.8 Å². The van der Waals surface area contributed by atoms with Crippen molar-refractivity contribution in [2.24, 2.45) is 5.73 Å². The van der Waals surface area contributed by atoms with E-state index >= 15 is 0 Å². The lowest BCUT2D eigenvalue weighted by Crippen LogP contribution is -2.22. The Balaban J connectivity index is 2.20. The summed E-state index contributed by atoms with van der Waals surface area (Å²) in [6.45, 7) is 6.64. The molecular weight excluding hydrogens is 368 g/mol. The van der Waals surface area contributed by atoms with Crippen molar-refractivity contribution in [2.45, 2.75) is 33.8 Å². The second kappa shape index (κ2) is 8.68. The Hall–Kier alpha value is -2.87. The lowest BCUT2D eigenvalue weighted by atomic mass is 10.1. The number of amides is 2. The van der Waals surface area contributed by atoms with Crippen LogP contribution in [0.15, 0.2) is 24.3 Å². The maximum atomic E-state index is 12.4. The summed E-state index contributed by atoms with van der Waals surface area (Å²) in [4.78, 5) is 36.5. The van der Waals surface area contributed by atoms with Crippen LogP contribution in [0.4, 0.5) is 5.00 Å². The van der Waals surface area contributed by atoms with Gasteiger partial charge in [0.25, 0.3) is 11.8 Å². The Labute approximate surface area is 161 Å². The van der Waals surface area contributed by atoms with Crippen LogP contribution in [0.1, 0.15) is 45.0 Å². The number of benzene rings is 1. The number of aryl methyl sites for hydroxylation is 1. The lowest BCUT2D eigenvalue weighted by Gasteiger charge is -2.11. The van der Waals surface area contributed by atoms with Gasteiger partial charge in [-0.15, -0.1) is 11.3 Å². The summed E-state index contributed by atoms with van der Waals surface area (Å²) < 4.78 is 10.7. The molecule has 2 rings (SSSR count). The molecule has 0 atom stereocenters. The van der Waals surface area contributed by atoms with Gasteiger partial charge >= 0.3 is 5.97 Å². The number of nitrogens with one attached hydrogen (secondary N) is 1. The van der Waals surface area contributed by atoms with Gasteiger partial charge in [0.2, 0.25) is 0 Å². The molecule has 27 heavy (non-hydrogen) atoms. The Bertz CT molecular complexity index is 873. The van der Waals surface area contributed by atoms with Crippen LogP contribution in [0.25, 0.3) is 0 Å². The second-order valence-corrected chi connectivity index (χ2v) is 7.20. The minimum Gasteiger partial charge on any atom is -0.483 e. The molecule has 8 heteroatoms. The number of carbonyl (C=O) groups excluding carboxylic acids is 3. The molecule has 3 N–H and O–H groups in total. The summed E-state index contributed by atoms with van der Waals surface area (Å²) in [6.07, 6.45) is -0.346. The third kappa shape index (κ3) is 5.07. The van der Waals surface area contributed by atoms with E-state index in [2.05, 4.69) is 5.32 Å². The SMILES string of the molecule is Cc1ccccc1OCC(=O)Nc1sc(C(N)=O)c(C)c1C(=O)OC(C)C. The van der Waals surface area contributed by atoms with Crippen LogP contribution in [-0.2, 0) is 9.53 Å². The largest absolute Gasteiger partial charge is 0.483 e. The summed E-state index contributed by atoms with van der Waals surface area (Å²) in [5.41, 5.74) is 6.77. The van der Waals surface area contributed by atoms with Gasteiger partial charge in [-0.2, -0.15) is 0 Å². The number of rotatable bonds is 7. The number of hydrogen-bond donors (Lipinski definition) is 2. The number of esters is 1. The summed E-state index contributed by atoms with van der Waals surface area (Å²) in [6, 6.07) is 7.31. The van der Waals surface area contributed by atoms with Crippen LogP contribution in [-0.4, -0.2) is 30.5 Å². The van der Waals surface area contributed by atoms with E-state index in [1.54, 1.807) is 26.8 Å². The summed E-state index contributed by atoms with van der Waals surface area (Å²) in [7, 11) is 0. The van der Waals surface area contributed by atoms with Crippen molar-refractivity contribution in [3.05, 3.63) is 45.8 Å². The van der Waals surface area contributed by atoms with E-state index in [4.69, 9.17) is 15.2 Å². The number of hydrogen-bond acceptors (Lipinski definition) is 6. The Morgan fingerprint density at radius 2 is 1.85 bits per heavy atom. The van der Waals surface area contributed by atoms with Crippen LogP contribution in [0.2, 0.25) is 0 Å². The van der Waals surface area contributed by atoms with Crippen LogP contribution < -0.4 is 15.8 Å². The van der Waals surface area contributed by atoms with Gasteiger partial charge in [0.1, 0.15) is 10.8 Å². The minimum atomic E-state index is -0.673. The first-order valence-corrected chi connectivity index (χ1v) is 9.14. The van der Waals surface area contributed by atoms with Crippen molar-refractivity contribution in [3.63, 3.8) is 0 Å². The van der Waals surface area contributed by atoms with E-state index in [1.165, 1.54) is 0 Å². The monoisotopic (exact) mass is 390 g/mol. The zero-order valence-electron chi connectivity index (χ0n) is 15.6. The van der Waals surface area contributed by atoms with Crippen LogP contribution >= 0.6 is 11.3 Å². The third-order valence-electron chi connectivity index (χ3n) is 3.62. The maximum absolute atomic E-state index is 12.4. The number of anilines is 1. The number of nitrogens with two attached hydrogens (primary N) is 1. The van der Waals surface area contributed by atoms with Gasteiger partial charge in [0.15, 0.2) is 6.61 Å². The number of para-hydroxylation sites is 1. The van der Waals surface area contributed by atoms with Crippen molar-refractivity contribution in [2.75, 3.05) is 11.9 Å². The van der Waals surface area contributed by atoms with E-state index in [0.29, 0.717) is 11.3 Å². The number of primary amides is 1. The van der Waals surface area contributed by atoms with Gasteiger partial charge in [0.05, 0.1) is 16.5 Å². The van der Waals surface area contributed by atoms with Crippen molar-refractivity contribution in [3.8, 4) is 5.75 Å². The highest BCUT2D eigenvalue weighted by atomic mass is 32.1. The lowest BCUT2D eigenvalue weighted by molar-refractivity contribution is -0.118. The van der Waals surface area contributed by atoms with E-state index in [-0.39, 0.29) is 28.2 Å². The fraction of sp³-hybridized carbons (Fsp3) is 0.316. The Morgan fingerprint density at radius 1 is 1.19 bits per heavy atom. The zero-order valence-corrected chi connectivity index (χ0v) is 16.4. The van der Waals surface area contributed by atoms with Crippen molar-refractivity contribution >= 4 is 34.1 Å². The summed E-state index contributed by atoms with van der Waals surface area (Å²) in [5.74, 6) is -1.17. The van der Waals surface area contributed by atoms with Crippen molar-refractivity contribution in [1.29, 1.82) is 0 Å². The van der Waals surface area contributed by atoms with Crippen molar-refractivity contribution < 1.29 is 23.9 Å². The van der Waals surface area contributed by atoms with Crippen LogP contribution in [0.3, 0.4) is 0 Å². The number of carbonyl (C=O) groups is 3. The molecule has 0 aliphatic rings. The zero-order chi connectivity index (χ0) is 20.1. The molecule has 0 aliphatic heterocycles. The standard InChI is InChI=1S/C19H22N2O5S/c1-10(2)26-19(24)15-12(4)16(17(20)23)27-18(15)21-14(22)9-25-13-8-6-5-7-11(13)3/h5-8,10H,9H2,1-4H3,(H2,20,23)(H,21,22). The first-order chi connectivity index (χ1) is 12.7. The summed E-state index contributed by atoms with van der Waals surface area (Å²) >= 11 is 0.940. The van der Waals surface area contributed by atoms with Gasteiger partial charge in [-0.3, -0.25) is 9.59 Å². The molecule has 144 valence electrons. The fourth-order valence-electron chi connectivity index (χ4n) is 2.38. The van der Waals surface area contributed by atoms with Gasteiger partial charge in [-0.05, 0) is 44.9 Å². The molecule has 1 heterocycles. The highest BCUT2D eigenvalue weighted by molar-refractivity contribution is 7.18. The van der Waals surface area contributed by atoms with E-state index < -0.39 is 17.8 Å². The number of ether oxygens (including phenoxy) is 2. The molecule has 0 aliphatic carbocycles. The van der Waals surface area contributed by atoms with Crippen LogP contribution in [0.5, 0.6) is 5.75 Å². The maximum Gasteiger partial charge on any atom is 0.341 e. The van der Waals surface area contributed by atoms with Gasteiger partial charge < -0.3 is 20.5 Å². The molecule has 0 saturated carbocycles. The average molecular weight is 390 g/mol. The Morgan fingerprint density at radius 3 is 2.44 bits per heavy atom. The van der Waals surface area contributed by atoms with Gasteiger partial charge in [0, 0.05) is 0 Å². The highest BCUT2D eigenvalue weighted by Gasteiger charge is 2.26. The fourth-order valence-corrected chi connectivity index (χ4v) is 3.44. The molecule has 1 aromatic carbocycles. The van der Waals surface area contributed by atoms with E-state index in [1.807, 2.05) is 25.1 Å². The summed E-state index contributed by atoms with van der Waals surface area (Å²) in [5, 5.41) is 2.83.